The average molecular weight is 120 g/mol. The molecule has 2 rings (SSSR count). The Bertz CT molecular complexity index is 240. The maximum atomic E-state index is 5.30. The summed E-state index contributed by atoms with van der Waals surface area (Å²) in [5.41, 5.74) is 2.65. The third kappa shape index (κ3) is 0.611. The van der Waals surface area contributed by atoms with Crippen LogP contribution in [0.3, 0.4) is 0 Å². The third-order valence-corrected chi connectivity index (χ3v) is 1.51. The molecule has 2 aliphatic rings. The molecular formula is C8H8O. The molecule has 0 bridgehead atoms. The first-order chi connectivity index (χ1) is 4.42. The van der Waals surface area contributed by atoms with Gasteiger partial charge >= 0.3 is 0 Å². The normalized spacial score (nSPS) is 11.2. The molecule has 2 aliphatic carbocycles. The van der Waals surface area contributed by atoms with Crippen molar-refractivity contribution in [3.63, 3.8) is 0 Å². The van der Waals surface area contributed by atoms with Crippen molar-refractivity contribution in [3.05, 3.63) is 18.2 Å². The fraction of sp³-hybridized carbons (Fsp3) is 0.250. The molecular weight excluding hydrogens is 112 g/mol. The lowest BCUT2D eigenvalue weighted by Crippen LogP contribution is -1.88. The summed E-state index contributed by atoms with van der Waals surface area (Å²) < 4.78 is 5.30. The summed E-state index contributed by atoms with van der Waals surface area (Å²) in [4.78, 5) is 0. The van der Waals surface area contributed by atoms with E-state index >= 15 is 0 Å². The molecule has 0 fully saturated rings. The monoisotopic (exact) mass is 120 g/mol. The Labute approximate surface area is 54.3 Å². The standard InChI is InChI=1S/C8H8O/c1-2-9-8-4-3-6-5-7(6)8/h3-5H,2H2,1H3. The molecule has 1 nitrogen and oxygen atoms in total. The first-order valence-corrected chi connectivity index (χ1v) is 3.19. The quantitative estimate of drug-likeness (QED) is 0.589. The molecule has 0 aromatic heterocycles. The van der Waals surface area contributed by atoms with E-state index in [1.807, 2.05) is 13.0 Å². The highest BCUT2D eigenvalue weighted by molar-refractivity contribution is 5.87. The molecule has 0 unspecified atom stereocenters. The molecule has 0 saturated carbocycles. The van der Waals surface area contributed by atoms with Crippen molar-refractivity contribution in [2.45, 2.75) is 6.92 Å². The van der Waals surface area contributed by atoms with E-state index in [4.69, 9.17) is 4.74 Å². The van der Waals surface area contributed by atoms with Crippen molar-refractivity contribution in [1.82, 2.24) is 0 Å². The highest BCUT2D eigenvalue weighted by Crippen LogP contribution is 2.43. The molecule has 46 valence electrons. The van der Waals surface area contributed by atoms with Gasteiger partial charge in [-0.3, -0.25) is 0 Å². The second kappa shape index (κ2) is 1.50. The van der Waals surface area contributed by atoms with Crippen LogP contribution >= 0.6 is 0 Å². The van der Waals surface area contributed by atoms with Crippen LogP contribution in [-0.4, -0.2) is 6.61 Å². The molecule has 0 saturated heterocycles. The highest BCUT2D eigenvalue weighted by Gasteiger charge is 2.17. The maximum absolute atomic E-state index is 5.30. The number of hydrogen-bond donors (Lipinski definition) is 0. The first kappa shape index (κ1) is 4.86. The van der Waals surface area contributed by atoms with Gasteiger partial charge in [0.05, 0.1) is 6.61 Å². The zero-order valence-electron chi connectivity index (χ0n) is 5.35. The topological polar surface area (TPSA) is 9.23 Å². The van der Waals surface area contributed by atoms with Crippen LogP contribution in [0, 0.1) is 0 Å². The van der Waals surface area contributed by atoms with Crippen molar-refractivity contribution in [3.8, 4) is 16.9 Å². The summed E-state index contributed by atoms with van der Waals surface area (Å²) in [6.45, 7) is 2.77. The second-order valence-corrected chi connectivity index (χ2v) is 2.14. The summed E-state index contributed by atoms with van der Waals surface area (Å²) in [5.74, 6) is 1.05. The lowest BCUT2D eigenvalue weighted by Gasteiger charge is -1.96. The van der Waals surface area contributed by atoms with Gasteiger partial charge in [0, 0.05) is 5.56 Å². The van der Waals surface area contributed by atoms with Gasteiger partial charge < -0.3 is 4.74 Å². The molecule has 0 radical (unpaired) electrons. The minimum Gasteiger partial charge on any atom is -0.493 e. The predicted molar refractivity (Wildman–Crippen MR) is 36.6 cm³/mol. The Morgan fingerprint density at radius 1 is 1.44 bits per heavy atom. The Balaban J connectivity index is 2.22. The number of hydrogen-bond acceptors (Lipinski definition) is 1. The van der Waals surface area contributed by atoms with E-state index in [2.05, 4.69) is 12.1 Å². The number of fused-ring (bicyclic) bond motifs is 1. The van der Waals surface area contributed by atoms with E-state index in [0.717, 1.165) is 12.4 Å². The van der Waals surface area contributed by atoms with E-state index in [1.165, 1.54) is 11.1 Å². The third-order valence-electron chi connectivity index (χ3n) is 1.51. The van der Waals surface area contributed by atoms with Crippen LogP contribution in [0.1, 0.15) is 6.92 Å². The Kier molecular flexibility index (Phi) is 0.810. The molecule has 0 aromatic carbocycles. The van der Waals surface area contributed by atoms with E-state index < -0.39 is 0 Å². The predicted octanol–water partition coefficient (Wildman–Crippen LogP) is 2.07. The second-order valence-electron chi connectivity index (χ2n) is 2.14. The lowest BCUT2D eigenvalue weighted by molar-refractivity contribution is 0.343. The summed E-state index contributed by atoms with van der Waals surface area (Å²) >= 11 is 0. The minimum absolute atomic E-state index is 0.768. The van der Waals surface area contributed by atoms with Crippen LogP contribution < -0.4 is 4.74 Å². The molecule has 0 spiro atoms. The zero-order valence-corrected chi connectivity index (χ0v) is 5.35. The number of benzene rings is 1. The zero-order chi connectivity index (χ0) is 6.27. The van der Waals surface area contributed by atoms with Crippen molar-refractivity contribution in [2.24, 2.45) is 0 Å². The summed E-state index contributed by atoms with van der Waals surface area (Å²) in [6.07, 6.45) is 0. The van der Waals surface area contributed by atoms with Gasteiger partial charge in [-0.25, -0.2) is 0 Å². The van der Waals surface area contributed by atoms with Crippen molar-refractivity contribution in [1.29, 1.82) is 0 Å². The van der Waals surface area contributed by atoms with Gasteiger partial charge in [-0.05, 0) is 24.6 Å². The van der Waals surface area contributed by atoms with Gasteiger partial charge in [0.1, 0.15) is 5.75 Å². The fourth-order valence-electron chi connectivity index (χ4n) is 1.01. The Hall–Kier alpha value is -0.980. The number of rotatable bonds is 2. The van der Waals surface area contributed by atoms with E-state index in [-0.39, 0.29) is 0 Å². The van der Waals surface area contributed by atoms with Crippen molar-refractivity contribution >= 4 is 0 Å². The smallest absolute Gasteiger partial charge is 0.127 e. The number of ether oxygens (including phenoxy) is 1. The van der Waals surface area contributed by atoms with Crippen LogP contribution in [0.2, 0.25) is 0 Å². The fourth-order valence-corrected chi connectivity index (χ4v) is 1.01. The molecule has 0 N–H and O–H groups in total. The van der Waals surface area contributed by atoms with Crippen molar-refractivity contribution < 1.29 is 4.74 Å². The Morgan fingerprint density at radius 2 is 2.33 bits per heavy atom. The SMILES string of the molecule is CCOc1ccc2cc1-2. The van der Waals surface area contributed by atoms with Gasteiger partial charge in [0.2, 0.25) is 0 Å². The summed E-state index contributed by atoms with van der Waals surface area (Å²) in [7, 11) is 0. The van der Waals surface area contributed by atoms with Gasteiger partial charge in [-0.2, -0.15) is 0 Å². The van der Waals surface area contributed by atoms with Crippen LogP contribution in [0.25, 0.3) is 11.1 Å². The van der Waals surface area contributed by atoms with Gasteiger partial charge in [-0.1, -0.05) is 6.07 Å². The first-order valence-electron chi connectivity index (χ1n) is 3.19. The molecule has 0 heterocycles. The molecule has 0 atom stereocenters. The molecule has 9 heavy (non-hydrogen) atoms. The van der Waals surface area contributed by atoms with Crippen LogP contribution in [0.15, 0.2) is 18.2 Å². The van der Waals surface area contributed by atoms with Gasteiger partial charge in [0.25, 0.3) is 0 Å². The van der Waals surface area contributed by atoms with E-state index in [1.54, 1.807) is 0 Å². The van der Waals surface area contributed by atoms with E-state index in [9.17, 15) is 0 Å². The van der Waals surface area contributed by atoms with Crippen LogP contribution in [0.5, 0.6) is 5.75 Å². The van der Waals surface area contributed by atoms with Crippen LogP contribution in [-0.2, 0) is 0 Å². The highest BCUT2D eigenvalue weighted by atomic mass is 16.5. The van der Waals surface area contributed by atoms with Crippen LogP contribution in [0.4, 0.5) is 0 Å². The van der Waals surface area contributed by atoms with E-state index in [0.29, 0.717) is 0 Å². The maximum Gasteiger partial charge on any atom is 0.127 e. The van der Waals surface area contributed by atoms with Crippen molar-refractivity contribution in [2.75, 3.05) is 6.61 Å². The minimum atomic E-state index is 0.768. The lowest BCUT2D eigenvalue weighted by atomic mass is 10.5. The molecule has 0 aliphatic heterocycles. The average Bonchev–Trinajstić information content (AvgIpc) is 2.54. The summed E-state index contributed by atoms with van der Waals surface area (Å²) in [5, 5.41) is 0. The van der Waals surface area contributed by atoms with Gasteiger partial charge in [0.15, 0.2) is 0 Å². The Morgan fingerprint density at radius 3 is 2.78 bits per heavy atom. The molecule has 1 heteroatoms. The largest absolute Gasteiger partial charge is 0.493 e. The molecule has 0 aromatic rings. The summed E-state index contributed by atoms with van der Waals surface area (Å²) in [6, 6.07) is 6.24. The molecule has 0 amide bonds. The van der Waals surface area contributed by atoms with Gasteiger partial charge in [-0.15, -0.1) is 0 Å².